The van der Waals surface area contributed by atoms with Crippen LogP contribution in [-0.2, 0) is 6.54 Å². The predicted octanol–water partition coefficient (Wildman–Crippen LogP) is 4.36. The summed E-state index contributed by atoms with van der Waals surface area (Å²) in [4.78, 5) is 14.2. The molecule has 2 amide bonds. The van der Waals surface area contributed by atoms with Crippen molar-refractivity contribution in [1.29, 1.82) is 0 Å². The van der Waals surface area contributed by atoms with Crippen molar-refractivity contribution < 1.29 is 4.79 Å². The molecule has 3 nitrogen and oxygen atoms in total. The third kappa shape index (κ3) is 3.85. The highest BCUT2D eigenvalue weighted by atomic mass is 16.2. The van der Waals surface area contributed by atoms with Crippen LogP contribution < -0.4 is 5.32 Å². The van der Waals surface area contributed by atoms with Crippen LogP contribution in [0.2, 0.25) is 0 Å². The van der Waals surface area contributed by atoms with Crippen LogP contribution in [0.1, 0.15) is 23.6 Å². The van der Waals surface area contributed by atoms with E-state index in [-0.39, 0.29) is 6.03 Å². The van der Waals surface area contributed by atoms with Gasteiger partial charge in [0.2, 0.25) is 0 Å². The third-order valence-corrected chi connectivity index (χ3v) is 3.73. The second-order valence-corrected chi connectivity index (χ2v) is 5.18. The molecule has 0 fully saturated rings. The van der Waals surface area contributed by atoms with Crippen LogP contribution in [0.5, 0.6) is 0 Å². The number of hydrogen-bond donors (Lipinski definition) is 1. The van der Waals surface area contributed by atoms with E-state index in [9.17, 15) is 4.79 Å². The maximum atomic E-state index is 12.4. The zero-order valence-corrected chi connectivity index (χ0v) is 12.9. The summed E-state index contributed by atoms with van der Waals surface area (Å²) in [5.74, 6) is 0. The second kappa shape index (κ2) is 6.93. The normalized spacial score (nSPS) is 10.2. The molecule has 0 saturated heterocycles. The molecule has 0 aromatic heterocycles. The fraction of sp³-hybridized carbons (Fsp3) is 0.278. The van der Waals surface area contributed by atoms with Gasteiger partial charge in [0.25, 0.3) is 0 Å². The molecule has 3 heteroatoms. The summed E-state index contributed by atoms with van der Waals surface area (Å²) < 4.78 is 0. The lowest BCUT2D eigenvalue weighted by Gasteiger charge is -2.22. The highest BCUT2D eigenvalue weighted by Gasteiger charge is 2.13. The highest BCUT2D eigenvalue weighted by molar-refractivity contribution is 5.90. The molecule has 2 rings (SSSR count). The Balaban J connectivity index is 2.08. The number of nitrogens with zero attached hydrogens (tertiary/aromatic N) is 1. The van der Waals surface area contributed by atoms with Crippen molar-refractivity contribution in [3.05, 3.63) is 65.2 Å². The molecule has 2 aromatic carbocycles. The summed E-state index contributed by atoms with van der Waals surface area (Å²) in [6.07, 6.45) is 0. The Labute approximate surface area is 126 Å². The number of rotatable bonds is 4. The third-order valence-electron chi connectivity index (χ3n) is 3.73. The Hall–Kier alpha value is -2.29. The largest absolute Gasteiger partial charge is 0.322 e. The van der Waals surface area contributed by atoms with Gasteiger partial charge in [-0.3, -0.25) is 0 Å². The maximum absolute atomic E-state index is 12.4. The molecule has 0 aliphatic carbocycles. The molecular weight excluding hydrogens is 260 g/mol. The van der Waals surface area contributed by atoms with Crippen molar-refractivity contribution in [3.8, 4) is 0 Å². The summed E-state index contributed by atoms with van der Waals surface area (Å²) in [6.45, 7) is 7.36. The Morgan fingerprint density at radius 3 is 2.43 bits per heavy atom. The van der Waals surface area contributed by atoms with E-state index in [1.54, 1.807) is 4.90 Å². The van der Waals surface area contributed by atoms with Gasteiger partial charge < -0.3 is 10.2 Å². The molecule has 0 atom stereocenters. The standard InChI is InChI=1S/C18H22N2O/c1-4-20(13-16-10-6-5-7-11-16)18(21)19-17-12-8-9-14(2)15(17)3/h5-12H,4,13H2,1-3H3,(H,19,21). The first-order chi connectivity index (χ1) is 10.1. The minimum atomic E-state index is -0.0601. The lowest BCUT2D eigenvalue weighted by Crippen LogP contribution is -2.34. The number of hydrogen-bond acceptors (Lipinski definition) is 1. The summed E-state index contributed by atoms with van der Waals surface area (Å²) in [7, 11) is 0. The summed E-state index contributed by atoms with van der Waals surface area (Å²) in [5, 5.41) is 3.01. The molecule has 0 bridgehead atoms. The van der Waals surface area contributed by atoms with Crippen molar-refractivity contribution in [3.63, 3.8) is 0 Å². The van der Waals surface area contributed by atoms with Crippen molar-refractivity contribution in [2.24, 2.45) is 0 Å². The predicted molar refractivity (Wildman–Crippen MR) is 87.5 cm³/mol. The molecule has 0 aliphatic rings. The first kappa shape index (κ1) is 15.1. The average molecular weight is 282 g/mol. The number of anilines is 1. The topological polar surface area (TPSA) is 32.3 Å². The SMILES string of the molecule is CCN(Cc1ccccc1)C(=O)Nc1cccc(C)c1C. The van der Waals surface area contributed by atoms with Gasteiger partial charge in [-0.1, -0.05) is 42.5 Å². The molecule has 2 aromatic rings. The van der Waals surface area contributed by atoms with Crippen LogP contribution in [0.15, 0.2) is 48.5 Å². The molecule has 0 radical (unpaired) electrons. The van der Waals surface area contributed by atoms with Crippen LogP contribution in [0.4, 0.5) is 10.5 Å². The number of benzene rings is 2. The van der Waals surface area contributed by atoms with E-state index in [0.29, 0.717) is 13.1 Å². The van der Waals surface area contributed by atoms with Crippen LogP contribution in [-0.4, -0.2) is 17.5 Å². The number of urea groups is 1. The van der Waals surface area contributed by atoms with E-state index in [4.69, 9.17) is 0 Å². The average Bonchev–Trinajstić information content (AvgIpc) is 2.50. The summed E-state index contributed by atoms with van der Waals surface area (Å²) >= 11 is 0. The quantitative estimate of drug-likeness (QED) is 0.888. The number of carbonyl (C=O) groups excluding carboxylic acids is 1. The van der Waals surface area contributed by atoms with Crippen molar-refractivity contribution in [1.82, 2.24) is 4.90 Å². The number of nitrogens with one attached hydrogen (secondary N) is 1. The van der Waals surface area contributed by atoms with E-state index >= 15 is 0 Å². The Bertz CT molecular complexity index is 608. The van der Waals surface area contributed by atoms with Gasteiger partial charge in [0.1, 0.15) is 0 Å². The minimum Gasteiger partial charge on any atom is -0.320 e. The van der Waals surface area contributed by atoms with Gasteiger partial charge >= 0.3 is 6.03 Å². The van der Waals surface area contributed by atoms with Crippen LogP contribution in [0, 0.1) is 13.8 Å². The first-order valence-electron chi connectivity index (χ1n) is 7.28. The maximum Gasteiger partial charge on any atom is 0.322 e. The fourth-order valence-corrected chi connectivity index (χ4v) is 2.21. The van der Waals surface area contributed by atoms with Crippen molar-refractivity contribution in [2.75, 3.05) is 11.9 Å². The van der Waals surface area contributed by atoms with Crippen LogP contribution >= 0.6 is 0 Å². The zero-order valence-electron chi connectivity index (χ0n) is 12.9. The summed E-state index contributed by atoms with van der Waals surface area (Å²) in [5.41, 5.74) is 4.31. The number of amides is 2. The van der Waals surface area contributed by atoms with Gasteiger partial charge in [0.15, 0.2) is 0 Å². The van der Waals surface area contributed by atoms with Gasteiger partial charge in [0, 0.05) is 18.8 Å². The van der Waals surface area contributed by atoms with Crippen molar-refractivity contribution in [2.45, 2.75) is 27.3 Å². The molecule has 110 valence electrons. The second-order valence-electron chi connectivity index (χ2n) is 5.18. The van der Waals surface area contributed by atoms with Gasteiger partial charge in [-0.05, 0) is 43.5 Å². The van der Waals surface area contributed by atoms with E-state index in [1.807, 2.05) is 69.3 Å². The van der Waals surface area contributed by atoms with Gasteiger partial charge in [-0.15, -0.1) is 0 Å². The van der Waals surface area contributed by atoms with Crippen molar-refractivity contribution >= 4 is 11.7 Å². The molecule has 0 unspecified atom stereocenters. The number of carbonyl (C=O) groups is 1. The summed E-state index contributed by atoms with van der Waals surface area (Å²) in [6, 6.07) is 15.9. The van der Waals surface area contributed by atoms with Gasteiger partial charge in [-0.25, -0.2) is 4.79 Å². The monoisotopic (exact) mass is 282 g/mol. The molecule has 21 heavy (non-hydrogen) atoms. The van der Waals surface area contributed by atoms with Crippen LogP contribution in [0.25, 0.3) is 0 Å². The van der Waals surface area contributed by atoms with E-state index in [1.165, 1.54) is 5.56 Å². The Morgan fingerprint density at radius 1 is 1.05 bits per heavy atom. The number of aryl methyl sites for hydroxylation is 1. The van der Waals surface area contributed by atoms with E-state index < -0.39 is 0 Å². The van der Waals surface area contributed by atoms with Gasteiger partial charge in [-0.2, -0.15) is 0 Å². The Morgan fingerprint density at radius 2 is 1.76 bits per heavy atom. The first-order valence-corrected chi connectivity index (χ1v) is 7.28. The molecule has 0 spiro atoms. The van der Waals surface area contributed by atoms with Crippen LogP contribution in [0.3, 0.4) is 0 Å². The van der Waals surface area contributed by atoms with E-state index in [2.05, 4.69) is 5.32 Å². The lowest BCUT2D eigenvalue weighted by atomic mass is 10.1. The molecule has 1 N–H and O–H groups in total. The molecule has 0 saturated carbocycles. The molecular formula is C18H22N2O. The minimum absolute atomic E-state index is 0.0601. The van der Waals surface area contributed by atoms with E-state index in [0.717, 1.165) is 16.8 Å². The smallest absolute Gasteiger partial charge is 0.320 e. The molecule has 0 aliphatic heterocycles. The lowest BCUT2D eigenvalue weighted by molar-refractivity contribution is 0.212. The Kier molecular flexibility index (Phi) is 4.99. The van der Waals surface area contributed by atoms with Gasteiger partial charge in [0.05, 0.1) is 0 Å². The zero-order chi connectivity index (χ0) is 15.2. The fourth-order valence-electron chi connectivity index (χ4n) is 2.21. The molecule has 0 heterocycles. The highest BCUT2D eigenvalue weighted by Crippen LogP contribution is 2.18.